The number of halogens is 1. The second-order valence-corrected chi connectivity index (χ2v) is 8.24. The average Bonchev–Trinajstić information content (AvgIpc) is 3.45. The Bertz CT molecular complexity index is 1800. The summed E-state index contributed by atoms with van der Waals surface area (Å²) >= 11 is 6.40. The lowest BCUT2D eigenvalue weighted by Gasteiger charge is -2.08. The maximum atomic E-state index is 6.40. The summed E-state index contributed by atoms with van der Waals surface area (Å²) in [5.74, 6) is 0.973. The molecule has 0 amide bonds. The second-order valence-electron chi connectivity index (χ2n) is 7.91. The number of furan rings is 1. The zero-order chi connectivity index (χ0) is 23.9. The first-order valence-corrected chi connectivity index (χ1v) is 12.0. The lowest BCUT2D eigenvalue weighted by atomic mass is 10.1. The van der Waals surface area contributed by atoms with Crippen LogP contribution in [0.15, 0.2) is 95.4 Å². The van der Waals surface area contributed by atoms with E-state index in [1.807, 2.05) is 79.1 Å². The molecule has 7 aromatic rings. The largest absolute Gasteiger partial charge is 0.456 e. The molecule has 0 aliphatic heterocycles. The Balaban J connectivity index is 0.00000112. The van der Waals surface area contributed by atoms with E-state index in [9.17, 15) is 0 Å². The van der Waals surface area contributed by atoms with Crippen molar-refractivity contribution in [2.45, 2.75) is 13.8 Å². The molecule has 0 saturated carbocycles. The number of aromatic nitrogens is 4. The van der Waals surface area contributed by atoms with E-state index in [2.05, 4.69) is 40.3 Å². The molecule has 0 bridgehead atoms. The van der Waals surface area contributed by atoms with E-state index < -0.39 is 0 Å². The lowest BCUT2D eigenvalue weighted by Crippen LogP contribution is -2.04. The Morgan fingerprint density at radius 3 is 1.94 bits per heavy atom. The SMILES string of the molecule is CC.Clc1nc(-c2ccc3c(c2)oc2ccccc23)nc(-n2c3ccccc3c3ccccc32)n1. The van der Waals surface area contributed by atoms with Gasteiger partial charge in [0.2, 0.25) is 11.2 Å². The van der Waals surface area contributed by atoms with Gasteiger partial charge in [-0.25, -0.2) is 0 Å². The summed E-state index contributed by atoms with van der Waals surface area (Å²) < 4.78 is 8.08. The molecule has 3 heterocycles. The number of para-hydroxylation sites is 3. The Morgan fingerprint density at radius 1 is 0.629 bits per heavy atom. The van der Waals surface area contributed by atoms with Crippen LogP contribution in [0.4, 0.5) is 0 Å². The first kappa shape index (κ1) is 21.3. The van der Waals surface area contributed by atoms with Gasteiger partial charge < -0.3 is 4.42 Å². The van der Waals surface area contributed by atoms with Crippen molar-refractivity contribution in [3.05, 3.63) is 96.3 Å². The zero-order valence-electron chi connectivity index (χ0n) is 19.2. The van der Waals surface area contributed by atoms with Crippen LogP contribution in [0.3, 0.4) is 0 Å². The third-order valence-electron chi connectivity index (χ3n) is 6.01. The van der Waals surface area contributed by atoms with E-state index in [0.717, 1.165) is 49.3 Å². The number of hydrogen-bond acceptors (Lipinski definition) is 4. The van der Waals surface area contributed by atoms with Crippen molar-refractivity contribution in [1.82, 2.24) is 19.5 Å². The summed E-state index contributed by atoms with van der Waals surface area (Å²) in [6, 6.07) is 30.4. The van der Waals surface area contributed by atoms with Gasteiger partial charge in [-0.2, -0.15) is 15.0 Å². The van der Waals surface area contributed by atoms with E-state index in [0.29, 0.717) is 11.8 Å². The third kappa shape index (κ3) is 3.44. The van der Waals surface area contributed by atoms with Gasteiger partial charge in [-0.3, -0.25) is 4.57 Å². The van der Waals surface area contributed by atoms with E-state index >= 15 is 0 Å². The van der Waals surface area contributed by atoms with Crippen LogP contribution in [-0.2, 0) is 0 Å². The molecule has 0 N–H and O–H groups in total. The third-order valence-corrected chi connectivity index (χ3v) is 6.18. The van der Waals surface area contributed by atoms with E-state index in [1.165, 1.54) is 0 Å². The van der Waals surface area contributed by atoms with Crippen molar-refractivity contribution < 1.29 is 4.42 Å². The Labute approximate surface area is 206 Å². The summed E-state index contributed by atoms with van der Waals surface area (Å²) in [6.45, 7) is 4.00. The van der Waals surface area contributed by atoms with Crippen LogP contribution in [0.2, 0.25) is 5.28 Å². The van der Waals surface area contributed by atoms with Gasteiger partial charge in [-0.05, 0) is 41.9 Å². The Kier molecular flexibility index (Phi) is 5.20. The van der Waals surface area contributed by atoms with Gasteiger partial charge in [0, 0.05) is 27.1 Å². The van der Waals surface area contributed by atoms with Gasteiger partial charge in [-0.1, -0.05) is 74.5 Å². The lowest BCUT2D eigenvalue weighted by molar-refractivity contribution is 0.669. The monoisotopic (exact) mass is 476 g/mol. The quantitative estimate of drug-likeness (QED) is 0.252. The van der Waals surface area contributed by atoms with E-state index in [-0.39, 0.29) is 5.28 Å². The molecule has 0 atom stereocenters. The van der Waals surface area contributed by atoms with Crippen molar-refractivity contribution >= 4 is 55.3 Å². The van der Waals surface area contributed by atoms with Gasteiger partial charge in [0.25, 0.3) is 0 Å². The molecule has 0 radical (unpaired) electrons. The van der Waals surface area contributed by atoms with Gasteiger partial charge in [0.15, 0.2) is 5.82 Å². The van der Waals surface area contributed by atoms with Gasteiger partial charge in [-0.15, -0.1) is 0 Å². The van der Waals surface area contributed by atoms with Crippen LogP contribution in [-0.4, -0.2) is 19.5 Å². The number of hydrogen-bond donors (Lipinski definition) is 0. The molecule has 0 unspecified atom stereocenters. The minimum atomic E-state index is 0.140. The second kappa shape index (κ2) is 8.53. The topological polar surface area (TPSA) is 56.7 Å². The molecule has 3 aromatic heterocycles. The summed E-state index contributed by atoms with van der Waals surface area (Å²) in [6.07, 6.45) is 0. The fourth-order valence-electron chi connectivity index (χ4n) is 4.57. The molecule has 4 aromatic carbocycles. The molecule has 0 saturated heterocycles. The molecular weight excluding hydrogens is 456 g/mol. The van der Waals surface area contributed by atoms with Gasteiger partial charge in [0.1, 0.15) is 11.2 Å². The molecule has 35 heavy (non-hydrogen) atoms. The molecule has 0 aliphatic rings. The normalized spacial score (nSPS) is 11.3. The van der Waals surface area contributed by atoms with Gasteiger partial charge >= 0.3 is 0 Å². The fraction of sp³-hybridized carbons (Fsp3) is 0.0690. The summed E-state index contributed by atoms with van der Waals surface area (Å²) in [7, 11) is 0. The molecule has 5 nitrogen and oxygen atoms in total. The average molecular weight is 477 g/mol. The van der Waals surface area contributed by atoms with Crippen LogP contribution < -0.4 is 0 Å². The molecule has 0 spiro atoms. The van der Waals surface area contributed by atoms with E-state index in [1.54, 1.807) is 0 Å². The minimum Gasteiger partial charge on any atom is -0.456 e. The highest BCUT2D eigenvalue weighted by Gasteiger charge is 2.17. The van der Waals surface area contributed by atoms with Crippen molar-refractivity contribution in [1.29, 1.82) is 0 Å². The highest BCUT2D eigenvalue weighted by Crippen LogP contribution is 2.33. The Morgan fingerprint density at radius 2 is 1.23 bits per heavy atom. The van der Waals surface area contributed by atoms with Crippen LogP contribution in [0.25, 0.3) is 61.1 Å². The number of benzene rings is 4. The molecular formula is C29H21ClN4O. The van der Waals surface area contributed by atoms with Crippen LogP contribution >= 0.6 is 11.6 Å². The first-order valence-electron chi connectivity index (χ1n) is 11.6. The summed E-state index contributed by atoms with van der Waals surface area (Å²) in [5.41, 5.74) is 4.47. The zero-order valence-corrected chi connectivity index (χ0v) is 20.0. The molecule has 0 aliphatic carbocycles. The predicted octanol–water partition coefficient (Wildman–Crippen LogP) is 8.21. The fourth-order valence-corrected chi connectivity index (χ4v) is 4.73. The summed E-state index contributed by atoms with van der Waals surface area (Å²) in [5, 5.41) is 4.54. The molecule has 7 rings (SSSR count). The highest BCUT2D eigenvalue weighted by molar-refractivity contribution is 6.28. The van der Waals surface area contributed by atoms with Crippen molar-refractivity contribution in [3.8, 4) is 17.3 Å². The molecule has 170 valence electrons. The highest BCUT2D eigenvalue weighted by atomic mass is 35.5. The van der Waals surface area contributed by atoms with Crippen LogP contribution in [0.1, 0.15) is 13.8 Å². The smallest absolute Gasteiger partial charge is 0.239 e. The molecule has 0 fully saturated rings. The standard InChI is InChI=1S/C27H15ClN4O.C2H6/c28-26-29-25(16-13-14-20-19-9-3-6-12-23(19)33-24(20)15-16)30-27(31-26)32-21-10-4-1-7-17(21)18-8-2-5-11-22(18)32;1-2/h1-15H;1-2H3. The van der Waals surface area contributed by atoms with Gasteiger partial charge in [0.05, 0.1) is 11.0 Å². The number of nitrogens with zero attached hydrogens (tertiary/aromatic N) is 4. The maximum Gasteiger partial charge on any atom is 0.239 e. The predicted molar refractivity (Wildman–Crippen MR) is 143 cm³/mol. The minimum absolute atomic E-state index is 0.140. The number of fused-ring (bicyclic) bond motifs is 6. The van der Waals surface area contributed by atoms with Crippen LogP contribution in [0.5, 0.6) is 0 Å². The number of rotatable bonds is 2. The van der Waals surface area contributed by atoms with Crippen molar-refractivity contribution in [2.75, 3.05) is 0 Å². The first-order chi connectivity index (χ1) is 17.3. The van der Waals surface area contributed by atoms with E-state index in [4.69, 9.17) is 21.0 Å². The van der Waals surface area contributed by atoms with Crippen LogP contribution in [0, 0.1) is 0 Å². The maximum absolute atomic E-state index is 6.40. The van der Waals surface area contributed by atoms with Crippen molar-refractivity contribution in [2.24, 2.45) is 0 Å². The summed E-state index contributed by atoms with van der Waals surface area (Å²) in [4.78, 5) is 13.7. The molecule has 6 heteroatoms. The Hall–Kier alpha value is -4.22. The van der Waals surface area contributed by atoms with Crippen molar-refractivity contribution in [3.63, 3.8) is 0 Å².